The van der Waals surface area contributed by atoms with Gasteiger partial charge in [0.15, 0.2) is 5.82 Å². The standard InChI is InChI=1S/C45H27N5/c1-2-12-28(13-3-1)29-24-26-30(27-25-29)43-46-44(49-37-20-8-6-16-33(37)34-17-7-9-21-38(34)49)48-45(47-43)50-39-22-10-18-35-31-14-4-5-15-32(31)36-19-11-23-40(50)42(36)41(35)39/h1-27H. The second-order valence-corrected chi connectivity index (χ2v) is 12.9. The highest BCUT2D eigenvalue weighted by atomic mass is 15.3. The van der Waals surface area contributed by atoms with Gasteiger partial charge in [0.25, 0.3) is 0 Å². The SMILES string of the molecule is c1ccc(-c2ccc(-c3nc(-n4c5ccccc5c5ccccc54)nc(-n4c5cccc6c7ccccc7c7cccc4c7c65)n3)cc2)cc1. The van der Waals surface area contributed by atoms with Crippen molar-refractivity contribution in [2.24, 2.45) is 0 Å². The summed E-state index contributed by atoms with van der Waals surface area (Å²) in [7, 11) is 0. The monoisotopic (exact) mass is 637 g/mol. The van der Waals surface area contributed by atoms with E-state index in [1.54, 1.807) is 0 Å². The molecule has 0 aliphatic rings. The van der Waals surface area contributed by atoms with Crippen LogP contribution in [0, 0.1) is 0 Å². The molecular formula is C45H27N5. The van der Waals surface area contributed by atoms with Crippen molar-refractivity contribution >= 4 is 65.2 Å². The fourth-order valence-electron chi connectivity index (χ4n) is 7.99. The van der Waals surface area contributed by atoms with Gasteiger partial charge in [0.2, 0.25) is 11.9 Å². The molecular weight excluding hydrogens is 611 g/mol. The van der Waals surface area contributed by atoms with Crippen LogP contribution in [-0.4, -0.2) is 24.1 Å². The van der Waals surface area contributed by atoms with Crippen molar-refractivity contribution in [3.63, 3.8) is 0 Å². The molecule has 0 fully saturated rings. The maximum Gasteiger partial charge on any atom is 0.240 e. The Balaban J connectivity index is 1.24. The third-order valence-corrected chi connectivity index (χ3v) is 10.2. The van der Waals surface area contributed by atoms with Gasteiger partial charge in [-0.15, -0.1) is 0 Å². The normalized spacial score (nSPS) is 12.0. The Morgan fingerprint density at radius 2 is 0.680 bits per heavy atom. The van der Waals surface area contributed by atoms with Crippen molar-refractivity contribution in [1.82, 2.24) is 24.1 Å². The quantitative estimate of drug-likeness (QED) is 0.180. The van der Waals surface area contributed by atoms with Gasteiger partial charge in [0.1, 0.15) is 0 Å². The second-order valence-electron chi connectivity index (χ2n) is 12.9. The first-order chi connectivity index (χ1) is 24.8. The number of para-hydroxylation sites is 2. The molecule has 0 amide bonds. The fourth-order valence-corrected chi connectivity index (χ4v) is 7.99. The van der Waals surface area contributed by atoms with Gasteiger partial charge in [-0.1, -0.05) is 140 Å². The molecule has 0 atom stereocenters. The van der Waals surface area contributed by atoms with Crippen LogP contribution in [0.4, 0.5) is 0 Å². The summed E-state index contributed by atoms with van der Waals surface area (Å²) < 4.78 is 4.40. The average Bonchev–Trinajstić information content (AvgIpc) is 3.72. The van der Waals surface area contributed by atoms with Gasteiger partial charge in [-0.3, -0.25) is 9.13 Å². The first-order valence-corrected chi connectivity index (χ1v) is 16.9. The van der Waals surface area contributed by atoms with E-state index in [9.17, 15) is 0 Å². The van der Waals surface area contributed by atoms with E-state index in [1.807, 2.05) is 6.07 Å². The number of hydrogen-bond donors (Lipinski definition) is 0. The lowest BCUT2D eigenvalue weighted by Crippen LogP contribution is -2.10. The summed E-state index contributed by atoms with van der Waals surface area (Å²) in [5, 5.41) is 9.73. The molecule has 0 N–H and O–H groups in total. The van der Waals surface area contributed by atoms with Crippen molar-refractivity contribution in [1.29, 1.82) is 0 Å². The molecule has 0 radical (unpaired) electrons. The van der Waals surface area contributed by atoms with E-state index < -0.39 is 0 Å². The zero-order chi connectivity index (χ0) is 32.8. The first kappa shape index (κ1) is 27.1. The molecule has 0 aliphatic carbocycles. The molecule has 5 nitrogen and oxygen atoms in total. The van der Waals surface area contributed by atoms with Gasteiger partial charge >= 0.3 is 0 Å². The molecule has 11 aromatic rings. The molecule has 5 heteroatoms. The van der Waals surface area contributed by atoms with Crippen LogP contribution in [0.1, 0.15) is 0 Å². The Kier molecular flexibility index (Phi) is 5.60. The van der Waals surface area contributed by atoms with Crippen LogP contribution in [0.25, 0.3) is 99.6 Å². The van der Waals surface area contributed by atoms with Crippen molar-refractivity contribution < 1.29 is 0 Å². The first-order valence-electron chi connectivity index (χ1n) is 16.9. The number of benzene rings is 8. The van der Waals surface area contributed by atoms with E-state index >= 15 is 0 Å². The number of hydrogen-bond acceptors (Lipinski definition) is 3. The molecule has 0 saturated heterocycles. The molecule has 50 heavy (non-hydrogen) atoms. The maximum absolute atomic E-state index is 5.34. The lowest BCUT2D eigenvalue weighted by Gasteiger charge is -2.13. The van der Waals surface area contributed by atoms with E-state index in [0.717, 1.165) is 44.0 Å². The number of nitrogens with zero attached hydrogens (tertiary/aromatic N) is 5. The molecule has 0 bridgehead atoms. The highest BCUT2D eigenvalue weighted by molar-refractivity contribution is 6.34. The fraction of sp³-hybridized carbons (Fsp3) is 0. The van der Waals surface area contributed by atoms with E-state index in [4.69, 9.17) is 15.0 Å². The van der Waals surface area contributed by atoms with E-state index in [-0.39, 0.29) is 0 Å². The van der Waals surface area contributed by atoms with Crippen LogP contribution in [0.3, 0.4) is 0 Å². The molecule has 8 aromatic carbocycles. The van der Waals surface area contributed by atoms with Crippen molar-refractivity contribution in [2.45, 2.75) is 0 Å². The molecule has 0 saturated carbocycles. The molecule has 3 aromatic heterocycles. The van der Waals surface area contributed by atoms with Crippen molar-refractivity contribution in [2.75, 3.05) is 0 Å². The summed E-state index contributed by atoms with van der Waals surface area (Å²) in [6.07, 6.45) is 0. The second kappa shape index (κ2) is 10.3. The van der Waals surface area contributed by atoms with Gasteiger partial charge in [-0.2, -0.15) is 15.0 Å². The minimum Gasteiger partial charge on any atom is -0.278 e. The highest BCUT2D eigenvalue weighted by Crippen LogP contribution is 2.43. The highest BCUT2D eigenvalue weighted by Gasteiger charge is 2.23. The predicted octanol–water partition coefficient (Wildman–Crippen LogP) is 11.1. The van der Waals surface area contributed by atoms with Crippen LogP contribution in [-0.2, 0) is 0 Å². The van der Waals surface area contributed by atoms with E-state index in [0.29, 0.717) is 17.7 Å². The van der Waals surface area contributed by atoms with Gasteiger partial charge in [-0.05, 0) is 56.9 Å². The summed E-state index contributed by atoms with van der Waals surface area (Å²) in [6, 6.07) is 57.8. The molecule has 232 valence electrons. The predicted molar refractivity (Wildman–Crippen MR) is 206 cm³/mol. The minimum absolute atomic E-state index is 0.579. The van der Waals surface area contributed by atoms with Crippen LogP contribution in [0.15, 0.2) is 164 Å². The summed E-state index contributed by atoms with van der Waals surface area (Å²) in [6.45, 7) is 0. The van der Waals surface area contributed by atoms with Gasteiger partial charge < -0.3 is 0 Å². The van der Waals surface area contributed by atoms with Crippen LogP contribution >= 0.6 is 0 Å². The lowest BCUT2D eigenvalue weighted by atomic mass is 9.95. The minimum atomic E-state index is 0.579. The molecule has 0 spiro atoms. The third-order valence-electron chi connectivity index (χ3n) is 10.2. The van der Waals surface area contributed by atoms with Crippen molar-refractivity contribution in [3.8, 4) is 34.4 Å². The number of rotatable bonds is 4. The Bertz CT molecular complexity index is 2940. The number of aromatic nitrogens is 5. The summed E-state index contributed by atoms with van der Waals surface area (Å²) in [4.78, 5) is 15.8. The summed E-state index contributed by atoms with van der Waals surface area (Å²) in [5.74, 6) is 1.78. The van der Waals surface area contributed by atoms with Gasteiger partial charge in [-0.25, -0.2) is 0 Å². The number of fused-ring (bicyclic) bond motifs is 6. The summed E-state index contributed by atoms with van der Waals surface area (Å²) in [5.41, 5.74) is 7.49. The third kappa shape index (κ3) is 3.80. The topological polar surface area (TPSA) is 48.5 Å². The van der Waals surface area contributed by atoms with E-state index in [2.05, 4.69) is 167 Å². The lowest BCUT2D eigenvalue weighted by molar-refractivity contribution is 0.893. The van der Waals surface area contributed by atoms with Crippen LogP contribution in [0.5, 0.6) is 0 Å². The largest absolute Gasteiger partial charge is 0.278 e. The summed E-state index contributed by atoms with van der Waals surface area (Å²) >= 11 is 0. The van der Waals surface area contributed by atoms with Crippen molar-refractivity contribution in [3.05, 3.63) is 164 Å². The average molecular weight is 638 g/mol. The van der Waals surface area contributed by atoms with Crippen LogP contribution in [0.2, 0.25) is 0 Å². The Morgan fingerprint density at radius 1 is 0.280 bits per heavy atom. The molecule has 11 rings (SSSR count). The molecule has 0 aliphatic heterocycles. The van der Waals surface area contributed by atoms with E-state index in [1.165, 1.54) is 37.9 Å². The maximum atomic E-state index is 5.34. The Morgan fingerprint density at radius 3 is 1.24 bits per heavy atom. The Labute approximate surface area is 286 Å². The molecule has 0 unspecified atom stereocenters. The smallest absolute Gasteiger partial charge is 0.240 e. The van der Waals surface area contributed by atoms with Crippen LogP contribution < -0.4 is 0 Å². The van der Waals surface area contributed by atoms with Gasteiger partial charge in [0, 0.05) is 27.1 Å². The van der Waals surface area contributed by atoms with Gasteiger partial charge in [0.05, 0.1) is 22.1 Å². The Hall–Kier alpha value is -6.85. The molecule has 3 heterocycles. The zero-order valence-corrected chi connectivity index (χ0v) is 26.8. The zero-order valence-electron chi connectivity index (χ0n) is 26.8.